The van der Waals surface area contributed by atoms with Crippen LogP contribution in [0.5, 0.6) is 5.75 Å². The van der Waals surface area contributed by atoms with E-state index in [4.69, 9.17) is 9.47 Å². The van der Waals surface area contributed by atoms with Gasteiger partial charge in [-0.3, -0.25) is 4.79 Å². The number of ether oxygens (including phenoxy) is 2. The van der Waals surface area contributed by atoms with Crippen molar-refractivity contribution in [2.24, 2.45) is 0 Å². The zero-order valence-corrected chi connectivity index (χ0v) is 16.8. The fraction of sp³-hybridized carbons (Fsp3) is 0.143. The van der Waals surface area contributed by atoms with Crippen LogP contribution in [-0.4, -0.2) is 25.6 Å². The normalized spacial score (nSPS) is 11.1. The number of carbonyl (C=O) groups is 2. The molecule has 7 heteroatoms. The van der Waals surface area contributed by atoms with Crippen molar-refractivity contribution < 1.29 is 19.1 Å². The third kappa shape index (κ3) is 5.31. The van der Waals surface area contributed by atoms with Gasteiger partial charge in [-0.1, -0.05) is 30.3 Å². The quantitative estimate of drug-likeness (QED) is 0.444. The number of hydrogen-bond donors (Lipinski definition) is 1. The molecule has 0 fully saturated rings. The topological polar surface area (TPSA) is 64.6 Å². The van der Waals surface area contributed by atoms with Crippen LogP contribution in [0.4, 0.5) is 0 Å². The van der Waals surface area contributed by atoms with Crippen molar-refractivity contribution >= 4 is 46.2 Å². The highest BCUT2D eigenvalue weighted by atomic mass is 32.1. The van der Waals surface area contributed by atoms with Crippen LogP contribution in [0.1, 0.15) is 15.3 Å². The minimum absolute atomic E-state index is 0.295. The average molecular weight is 414 g/mol. The van der Waals surface area contributed by atoms with Crippen molar-refractivity contribution in [3.8, 4) is 5.75 Å². The van der Waals surface area contributed by atoms with Gasteiger partial charge >= 0.3 is 5.97 Å². The highest BCUT2D eigenvalue weighted by Gasteiger charge is 2.17. The third-order valence-corrected chi connectivity index (χ3v) is 5.56. The van der Waals surface area contributed by atoms with Gasteiger partial charge in [0.1, 0.15) is 5.75 Å². The number of amides is 1. The van der Waals surface area contributed by atoms with Crippen molar-refractivity contribution in [2.45, 2.75) is 6.54 Å². The van der Waals surface area contributed by atoms with E-state index in [2.05, 4.69) is 5.32 Å². The number of carbonyl (C=O) groups excluding carboxylic acids is 2. The van der Waals surface area contributed by atoms with E-state index in [0.717, 1.165) is 15.3 Å². The Bertz CT molecular complexity index is 947. The second-order valence-corrected chi connectivity index (χ2v) is 7.64. The molecule has 144 valence electrons. The number of thiophene rings is 2. The van der Waals surface area contributed by atoms with Crippen LogP contribution >= 0.6 is 22.7 Å². The summed E-state index contributed by atoms with van der Waals surface area (Å²) in [5.41, 5.74) is 1.29. The second-order valence-electron chi connectivity index (χ2n) is 5.72. The molecular formula is C21H19NO4S2. The fourth-order valence-electron chi connectivity index (χ4n) is 2.48. The summed E-state index contributed by atoms with van der Waals surface area (Å²) in [6.45, 7) is -0.0512. The van der Waals surface area contributed by atoms with Gasteiger partial charge in [-0.2, -0.15) is 0 Å². The highest BCUT2D eigenvalue weighted by Crippen LogP contribution is 2.25. The molecule has 28 heavy (non-hydrogen) atoms. The molecule has 2 aromatic heterocycles. The summed E-state index contributed by atoms with van der Waals surface area (Å²) in [4.78, 5) is 26.4. The first kappa shape index (κ1) is 19.9. The van der Waals surface area contributed by atoms with Gasteiger partial charge < -0.3 is 14.8 Å². The summed E-state index contributed by atoms with van der Waals surface area (Å²) in [5, 5.41) is 6.57. The van der Waals surface area contributed by atoms with E-state index in [1.807, 2.05) is 59.3 Å². The molecule has 1 aromatic carbocycles. The van der Waals surface area contributed by atoms with E-state index < -0.39 is 5.97 Å². The summed E-state index contributed by atoms with van der Waals surface area (Å²) < 4.78 is 10.5. The Morgan fingerprint density at radius 1 is 1.04 bits per heavy atom. The molecule has 0 atom stereocenters. The lowest BCUT2D eigenvalue weighted by Gasteiger charge is -2.10. The molecule has 0 spiro atoms. The van der Waals surface area contributed by atoms with Crippen LogP contribution in [0.3, 0.4) is 0 Å². The third-order valence-electron chi connectivity index (χ3n) is 3.84. The van der Waals surface area contributed by atoms with Gasteiger partial charge in [-0.15, -0.1) is 22.7 Å². The van der Waals surface area contributed by atoms with Crippen LogP contribution < -0.4 is 10.1 Å². The molecule has 3 aromatic rings. The maximum absolute atomic E-state index is 12.6. The van der Waals surface area contributed by atoms with Gasteiger partial charge in [-0.25, -0.2) is 4.79 Å². The van der Waals surface area contributed by atoms with Crippen LogP contribution in [0.15, 0.2) is 59.3 Å². The Morgan fingerprint density at radius 2 is 1.82 bits per heavy atom. The fourth-order valence-corrected chi connectivity index (χ4v) is 3.87. The Labute approximate surface area is 171 Å². The monoisotopic (exact) mass is 413 g/mol. The first-order chi connectivity index (χ1) is 13.7. The van der Waals surface area contributed by atoms with Crippen LogP contribution in [0, 0.1) is 0 Å². The Balaban J connectivity index is 1.59. The van der Waals surface area contributed by atoms with Gasteiger partial charge in [-0.05, 0) is 35.0 Å². The predicted molar refractivity (Wildman–Crippen MR) is 112 cm³/mol. The lowest BCUT2D eigenvalue weighted by molar-refractivity contribution is -0.142. The number of benzene rings is 1. The maximum Gasteiger partial charge on any atom is 0.340 e. The van der Waals surface area contributed by atoms with E-state index in [1.54, 1.807) is 13.2 Å². The van der Waals surface area contributed by atoms with E-state index in [1.165, 1.54) is 22.7 Å². The van der Waals surface area contributed by atoms with Crippen molar-refractivity contribution in [3.05, 3.63) is 74.6 Å². The average Bonchev–Trinajstić information content (AvgIpc) is 3.42. The summed E-state index contributed by atoms with van der Waals surface area (Å²) in [6, 6.07) is 15.0. The molecule has 0 aliphatic heterocycles. The number of esters is 1. The number of methoxy groups -OCH3 is 1. The molecule has 3 rings (SSSR count). The number of rotatable bonds is 8. The summed E-state index contributed by atoms with van der Waals surface area (Å²) in [6.07, 6.45) is 1.78. The van der Waals surface area contributed by atoms with Crippen molar-refractivity contribution in [1.29, 1.82) is 0 Å². The van der Waals surface area contributed by atoms with Gasteiger partial charge in [0.2, 0.25) is 0 Å². The second kappa shape index (κ2) is 9.87. The van der Waals surface area contributed by atoms with Crippen LogP contribution in [0.25, 0.3) is 11.6 Å². The molecule has 2 heterocycles. The summed E-state index contributed by atoms with van der Waals surface area (Å²) in [5.74, 6) is -0.206. The van der Waals surface area contributed by atoms with Gasteiger partial charge in [0.25, 0.3) is 5.91 Å². The van der Waals surface area contributed by atoms with Crippen LogP contribution in [0.2, 0.25) is 0 Å². The smallest absolute Gasteiger partial charge is 0.340 e. The number of para-hydroxylation sites is 1. The standard InChI is InChI=1S/C21H19NO4S2/c1-25-18-8-3-2-6-15(18)13-22-20(23)14-26-21(24)17(19-9-5-11-28-19)12-16-7-4-10-27-16/h2-12H,13-14H2,1H3,(H,22,23)/b17-12+. The lowest BCUT2D eigenvalue weighted by Crippen LogP contribution is -2.28. The highest BCUT2D eigenvalue weighted by molar-refractivity contribution is 7.12. The van der Waals surface area contributed by atoms with Gasteiger partial charge in [0, 0.05) is 21.9 Å². The van der Waals surface area contributed by atoms with E-state index in [9.17, 15) is 9.59 Å². The molecule has 1 amide bonds. The van der Waals surface area contributed by atoms with Crippen molar-refractivity contribution in [3.63, 3.8) is 0 Å². The number of hydrogen-bond acceptors (Lipinski definition) is 6. The van der Waals surface area contributed by atoms with Gasteiger partial charge in [0.15, 0.2) is 6.61 Å². The van der Waals surface area contributed by atoms with Gasteiger partial charge in [0.05, 0.1) is 12.7 Å². The first-order valence-corrected chi connectivity index (χ1v) is 10.3. The Morgan fingerprint density at radius 3 is 2.54 bits per heavy atom. The minimum Gasteiger partial charge on any atom is -0.496 e. The Kier molecular flexibility index (Phi) is 7.00. The molecule has 0 radical (unpaired) electrons. The molecule has 0 unspecified atom stereocenters. The predicted octanol–water partition coefficient (Wildman–Crippen LogP) is 4.22. The maximum atomic E-state index is 12.6. The molecule has 5 nitrogen and oxygen atoms in total. The van der Waals surface area contributed by atoms with E-state index in [0.29, 0.717) is 17.9 Å². The molecule has 0 saturated heterocycles. The molecule has 0 aliphatic carbocycles. The Hall–Kier alpha value is -2.90. The molecule has 0 aliphatic rings. The van der Waals surface area contributed by atoms with Crippen molar-refractivity contribution in [2.75, 3.05) is 13.7 Å². The number of nitrogens with one attached hydrogen (secondary N) is 1. The largest absolute Gasteiger partial charge is 0.496 e. The van der Waals surface area contributed by atoms with E-state index in [-0.39, 0.29) is 12.5 Å². The van der Waals surface area contributed by atoms with Crippen molar-refractivity contribution in [1.82, 2.24) is 5.32 Å². The molecule has 0 saturated carbocycles. The summed E-state index contributed by atoms with van der Waals surface area (Å²) in [7, 11) is 1.58. The minimum atomic E-state index is -0.525. The summed E-state index contributed by atoms with van der Waals surface area (Å²) >= 11 is 2.98. The lowest BCUT2D eigenvalue weighted by atomic mass is 10.2. The molecule has 1 N–H and O–H groups in total. The molecular weight excluding hydrogens is 394 g/mol. The zero-order chi connectivity index (χ0) is 19.8. The van der Waals surface area contributed by atoms with Crippen LogP contribution in [-0.2, 0) is 20.9 Å². The SMILES string of the molecule is COc1ccccc1CNC(=O)COC(=O)/C(=C/c1cccs1)c1cccs1. The van der Waals surface area contributed by atoms with E-state index >= 15 is 0 Å². The first-order valence-electron chi connectivity index (χ1n) is 8.52. The molecule has 0 bridgehead atoms. The zero-order valence-electron chi connectivity index (χ0n) is 15.2.